The average molecular weight is 268 g/mol. The summed E-state index contributed by atoms with van der Waals surface area (Å²) in [5, 5.41) is 4.60. The molecule has 0 N–H and O–H groups in total. The van der Waals surface area contributed by atoms with E-state index in [2.05, 4.69) is 14.8 Å². The van der Waals surface area contributed by atoms with E-state index in [1.54, 1.807) is 18.2 Å². The van der Waals surface area contributed by atoms with Crippen LogP contribution in [0, 0.1) is 0 Å². The van der Waals surface area contributed by atoms with Crippen LogP contribution in [-0.4, -0.2) is 13.1 Å². The van der Waals surface area contributed by atoms with E-state index in [9.17, 15) is 4.79 Å². The molecule has 1 aromatic heterocycles. The monoisotopic (exact) mass is 267 g/mol. The first-order valence-electron chi connectivity index (χ1n) is 4.53. The summed E-state index contributed by atoms with van der Waals surface area (Å²) in [6.45, 7) is 0. The van der Waals surface area contributed by atoms with Gasteiger partial charge in [0.1, 0.15) is 4.88 Å². The topological polar surface area (TPSA) is 75.1 Å². The molecule has 0 unspecified atom stereocenters. The van der Waals surface area contributed by atoms with Crippen molar-refractivity contribution in [2.45, 2.75) is 0 Å². The number of esters is 1. The van der Waals surface area contributed by atoms with Crippen LogP contribution in [0.2, 0.25) is 5.02 Å². The lowest BCUT2D eigenvalue weighted by atomic mass is 10.2. The molecule has 0 bridgehead atoms. The highest BCUT2D eigenvalue weighted by molar-refractivity contribution is 7.21. The number of hydrogen-bond acceptors (Lipinski definition) is 4. The minimum Gasteiger partial charge on any atom is -0.465 e. The van der Waals surface area contributed by atoms with Crippen LogP contribution in [0.5, 0.6) is 0 Å². The largest absolute Gasteiger partial charge is 0.465 e. The number of hydrogen-bond donors (Lipinski definition) is 0. The molecule has 2 aromatic rings. The lowest BCUT2D eigenvalue weighted by molar-refractivity contribution is 0.0606. The molecule has 0 fully saturated rings. The van der Waals surface area contributed by atoms with Crippen LogP contribution in [0.15, 0.2) is 23.3 Å². The number of azide groups is 1. The molecule has 0 spiro atoms. The Hall–Kier alpha value is -1.75. The quantitative estimate of drug-likeness (QED) is 0.352. The van der Waals surface area contributed by atoms with Crippen molar-refractivity contribution in [2.24, 2.45) is 5.11 Å². The maximum Gasteiger partial charge on any atom is 0.349 e. The number of rotatable bonds is 2. The van der Waals surface area contributed by atoms with E-state index in [0.717, 1.165) is 10.1 Å². The van der Waals surface area contributed by atoms with Crippen molar-refractivity contribution >= 4 is 44.7 Å². The first kappa shape index (κ1) is 11.7. The molecule has 0 radical (unpaired) electrons. The number of benzene rings is 1. The normalized spacial score (nSPS) is 10.0. The maximum atomic E-state index is 11.4. The molecule has 7 heteroatoms. The minimum absolute atomic E-state index is 0.349. The molecule has 0 saturated carbocycles. The highest BCUT2D eigenvalue weighted by Gasteiger charge is 2.17. The standard InChI is InChI=1S/C10H6ClN3O2S/c1-16-10(15)9-8(11)6-3-2-5(13-14-12)4-7(6)17-9/h2-4H,1H3. The number of carbonyl (C=O) groups excluding carboxylic acids is 1. The molecule has 0 saturated heterocycles. The summed E-state index contributed by atoms with van der Waals surface area (Å²) >= 11 is 7.27. The summed E-state index contributed by atoms with van der Waals surface area (Å²) in [5.74, 6) is -0.471. The summed E-state index contributed by atoms with van der Waals surface area (Å²) < 4.78 is 5.41. The van der Waals surface area contributed by atoms with E-state index < -0.39 is 5.97 Å². The number of fused-ring (bicyclic) bond motifs is 1. The fraction of sp³-hybridized carbons (Fsp3) is 0.100. The van der Waals surface area contributed by atoms with Crippen LogP contribution < -0.4 is 0 Å². The second-order valence-corrected chi connectivity index (χ2v) is 4.54. The molecule has 17 heavy (non-hydrogen) atoms. The zero-order chi connectivity index (χ0) is 12.4. The van der Waals surface area contributed by atoms with Crippen LogP contribution in [0.3, 0.4) is 0 Å². The Labute approximate surface area is 105 Å². The maximum absolute atomic E-state index is 11.4. The van der Waals surface area contributed by atoms with E-state index in [1.807, 2.05) is 0 Å². The van der Waals surface area contributed by atoms with E-state index in [4.69, 9.17) is 17.1 Å². The summed E-state index contributed by atoms with van der Waals surface area (Å²) in [7, 11) is 1.30. The van der Waals surface area contributed by atoms with Gasteiger partial charge in [0, 0.05) is 20.7 Å². The fourth-order valence-corrected chi connectivity index (χ4v) is 2.85. The van der Waals surface area contributed by atoms with E-state index in [1.165, 1.54) is 18.4 Å². The molecule has 0 atom stereocenters. The van der Waals surface area contributed by atoms with E-state index in [-0.39, 0.29) is 0 Å². The van der Waals surface area contributed by atoms with Gasteiger partial charge in [-0.3, -0.25) is 0 Å². The fourth-order valence-electron chi connectivity index (χ4n) is 1.39. The number of halogens is 1. The molecule has 86 valence electrons. The van der Waals surface area contributed by atoms with Crippen molar-refractivity contribution in [2.75, 3.05) is 7.11 Å². The third-order valence-electron chi connectivity index (χ3n) is 2.14. The second kappa shape index (κ2) is 4.63. The lowest BCUT2D eigenvalue weighted by Crippen LogP contribution is -1.97. The van der Waals surface area contributed by atoms with E-state index >= 15 is 0 Å². The molecule has 0 aliphatic rings. The molecule has 0 amide bonds. The Balaban J connectivity index is 2.64. The zero-order valence-corrected chi connectivity index (χ0v) is 10.2. The summed E-state index contributed by atoms with van der Waals surface area (Å²) in [6.07, 6.45) is 0. The number of methoxy groups -OCH3 is 1. The predicted octanol–water partition coefficient (Wildman–Crippen LogP) is 4.28. The average Bonchev–Trinajstić information content (AvgIpc) is 2.66. The second-order valence-electron chi connectivity index (χ2n) is 3.11. The van der Waals surface area contributed by atoms with Crippen molar-refractivity contribution in [1.29, 1.82) is 0 Å². The Kier molecular flexibility index (Phi) is 3.19. The summed E-state index contributed by atoms with van der Waals surface area (Å²) in [4.78, 5) is 14.5. The molecular formula is C10H6ClN3O2S. The van der Waals surface area contributed by atoms with Crippen LogP contribution in [0.1, 0.15) is 9.67 Å². The smallest absolute Gasteiger partial charge is 0.349 e. The van der Waals surface area contributed by atoms with Gasteiger partial charge in [-0.1, -0.05) is 28.8 Å². The predicted molar refractivity (Wildman–Crippen MR) is 67.0 cm³/mol. The Morgan fingerprint density at radius 3 is 3.00 bits per heavy atom. The number of carbonyl (C=O) groups is 1. The van der Waals surface area contributed by atoms with Crippen LogP contribution in [-0.2, 0) is 4.74 Å². The number of ether oxygens (including phenoxy) is 1. The van der Waals surface area contributed by atoms with Gasteiger partial charge in [-0.05, 0) is 11.6 Å². The molecule has 0 aliphatic carbocycles. The molecule has 2 rings (SSSR count). The molecular weight excluding hydrogens is 262 g/mol. The summed E-state index contributed by atoms with van der Waals surface area (Å²) in [6, 6.07) is 5.03. The van der Waals surface area contributed by atoms with Crippen LogP contribution >= 0.6 is 22.9 Å². The van der Waals surface area contributed by atoms with Gasteiger partial charge < -0.3 is 4.74 Å². The molecule has 1 heterocycles. The molecule has 5 nitrogen and oxygen atoms in total. The summed E-state index contributed by atoms with van der Waals surface area (Å²) in [5.41, 5.74) is 8.82. The molecule has 1 aromatic carbocycles. The Morgan fingerprint density at radius 2 is 2.35 bits per heavy atom. The van der Waals surface area contributed by atoms with Crippen molar-refractivity contribution < 1.29 is 9.53 Å². The number of thiophene rings is 1. The van der Waals surface area contributed by atoms with Gasteiger partial charge in [0.2, 0.25) is 0 Å². The number of nitrogens with zero attached hydrogens (tertiary/aromatic N) is 3. The van der Waals surface area contributed by atoms with Gasteiger partial charge in [-0.25, -0.2) is 4.79 Å². The Bertz CT molecular complexity index is 646. The SMILES string of the molecule is COC(=O)c1sc2cc(N=[N+]=[N-])ccc2c1Cl. The minimum atomic E-state index is -0.471. The van der Waals surface area contributed by atoms with Gasteiger partial charge in [-0.15, -0.1) is 11.3 Å². The first-order valence-corrected chi connectivity index (χ1v) is 5.72. The van der Waals surface area contributed by atoms with Crippen LogP contribution in [0.4, 0.5) is 5.69 Å². The van der Waals surface area contributed by atoms with Crippen molar-refractivity contribution in [1.82, 2.24) is 0 Å². The van der Waals surface area contributed by atoms with Gasteiger partial charge in [0.05, 0.1) is 12.1 Å². The Morgan fingerprint density at radius 1 is 1.59 bits per heavy atom. The van der Waals surface area contributed by atoms with Crippen molar-refractivity contribution in [3.05, 3.63) is 38.5 Å². The van der Waals surface area contributed by atoms with Crippen LogP contribution in [0.25, 0.3) is 20.5 Å². The highest BCUT2D eigenvalue weighted by atomic mass is 35.5. The third-order valence-corrected chi connectivity index (χ3v) is 3.78. The van der Waals surface area contributed by atoms with Crippen molar-refractivity contribution in [3.8, 4) is 0 Å². The lowest BCUT2D eigenvalue weighted by Gasteiger charge is -1.94. The van der Waals surface area contributed by atoms with Crippen molar-refractivity contribution in [3.63, 3.8) is 0 Å². The first-order chi connectivity index (χ1) is 8.17. The van der Waals surface area contributed by atoms with Gasteiger partial charge in [0.15, 0.2) is 0 Å². The van der Waals surface area contributed by atoms with Gasteiger partial charge in [0.25, 0.3) is 0 Å². The van der Waals surface area contributed by atoms with E-state index in [0.29, 0.717) is 15.6 Å². The molecule has 0 aliphatic heterocycles. The van der Waals surface area contributed by atoms with Gasteiger partial charge >= 0.3 is 5.97 Å². The third kappa shape index (κ3) is 2.06. The zero-order valence-electron chi connectivity index (χ0n) is 8.68. The highest BCUT2D eigenvalue weighted by Crippen LogP contribution is 2.37. The van der Waals surface area contributed by atoms with Gasteiger partial charge in [-0.2, -0.15) is 0 Å².